The molecule has 2 rings (SSSR count). The van der Waals surface area contributed by atoms with Gasteiger partial charge in [0.1, 0.15) is 11.5 Å². The number of rotatable bonds is 58. The predicted octanol–water partition coefficient (Wildman–Crippen LogP) is 25.5. The highest BCUT2D eigenvalue weighted by Crippen LogP contribution is 2.22. The molecule has 0 heterocycles. The van der Waals surface area contributed by atoms with Gasteiger partial charge in [-0.25, -0.2) is 4.79 Å². The van der Waals surface area contributed by atoms with Gasteiger partial charge in [-0.1, -0.05) is 372 Å². The summed E-state index contributed by atoms with van der Waals surface area (Å²) in [6.07, 6.45) is 78.6. The standard InChI is InChI=1S/C71H126O3/c1-3-5-7-9-11-13-15-17-19-21-23-25-27-29-31-33-35-37-39-41-43-45-47-49-51-53-55-57-67-59-63-69(64-60-67)73-71(72)74-70-65-61-68(62-66-70)58-56-54-52-50-48-46-44-42-40-38-36-34-32-30-28-26-24-22-20-18-16-14-12-10-8-6-4-2/h59-66H,3-58H2,1-2H3. The first-order valence-corrected chi connectivity index (χ1v) is 33.8. The molecular formula is C71H126O3. The van der Waals surface area contributed by atoms with Gasteiger partial charge >= 0.3 is 6.16 Å². The maximum absolute atomic E-state index is 12.5. The van der Waals surface area contributed by atoms with E-state index >= 15 is 0 Å². The number of aryl methyl sites for hydroxylation is 2. The smallest absolute Gasteiger partial charge is 0.395 e. The summed E-state index contributed by atoms with van der Waals surface area (Å²) in [6, 6.07) is 15.9. The van der Waals surface area contributed by atoms with Crippen molar-refractivity contribution in [2.75, 3.05) is 0 Å². The van der Waals surface area contributed by atoms with Crippen LogP contribution >= 0.6 is 0 Å². The quantitative estimate of drug-likeness (QED) is 0.0376. The number of benzene rings is 2. The van der Waals surface area contributed by atoms with E-state index in [4.69, 9.17) is 9.47 Å². The summed E-state index contributed by atoms with van der Waals surface area (Å²) in [7, 11) is 0. The van der Waals surface area contributed by atoms with Crippen molar-refractivity contribution < 1.29 is 14.3 Å². The molecule has 0 radical (unpaired) electrons. The van der Waals surface area contributed by atoms with E-state index in [2.05, 4.69) is 38.1 Å². The minimum absolute atomic E-state index is 0.534. The van der Waals surface area contributed by atoms with Crippen LogP contribution in [0.2, 0.25) is 0 Å². The predicted molar refractivity (Wildman–Crippen MR) is 328 cm³/mol. The molecule has 0 aliphatic rings. The highest BCUT2D eigenvalue weighted by molar-refractivity contribution is 5.67. The second kappa shape index (κ2) is 55.5. The zero-order chi connectivity index (χ0) is 52.6. The fourth-order valence-corrected chi connectivity index (χ4v) is 11.3. The number of hydrogen-bond donors (Lipinski definition) is 0. The monoisotopic (exact) mass is 1030 g/mol. The number of carbonyl (C=O) groups is 1. The molecule has 0 aliphatic carbocycles. The van der Waals surface area contributed by atoms with E-state index in [1.807, 2.05) is 24.3 Å². The van der Waals surface area contributed by atoms with Crippen LogP contribution in [-0.2, 0) is 12.8 Å². The van der Waals surface area contributed by atoms with Gasteiger partial charge in [0.25, 0.3) is 0 Å². The molecule has 0 N–H and O–H groups in total. The van der Waals surface area contributed by atoms with Gasteiger partial charge in [-0.05, 0) is 61.1 Å². The highest BCUT2D eigenvalue weighted by atomic mass is 16.7. The Morgan fingerprint density at radius 3 is 0.541 bits per heavy atom. The first-order chi connectivity index (χ1) is 36.7. The molecule has 0 amide bonds. The maximum Gasteiger partial charge on any atom is 0.519 e. The zero-order valence-corrected chi connectivity index (χ0v) is 49.9. The van der Waals surface area contributed by atoms with Crippen LogP contribution in [-0.4, -0.2) is 6.16 Å². The van der Waals surface area contributed by atoms with Crippen molar-refractivity contribution in [2.45, 2.75) is 373 Å². The molecule has 2 aromatic carbocycles. The molecule has 0 fully saturated rings. The maximum atomic E-state index is 12.5. The molecule has 3 nitrogen and oxygen atoms in total. The third-order valence-electron chi connectivity index (χ3n) is 16.4. The van der Waals surface area contributed by atoms with E-state index in [9.17, 15) is 4.79 Å². The van der Waals surface area contributed by atoms with Crippen LogP contribution in [0.1, 0.15) is 372 Å². The Morgan fingerprint density at radius 1 is 0.230 bits per heavy atom. The lowest BCUT2D eigenvalue weighted by atomic mass is 10.0. The summed E-state index contributed by atoms with van der Waals surface area (Å²) >= 11 is 0. The minimum Gasteiger partial charge on any atom is -0.395 e. The molecule has 428 valence electrons. The lowest BCUT2D eigenvalue weighted by Crippen LogP contribution is -2.13. The zero-order valence-electron chi connectivity index (χ0n) is 49.9. The van der Waals surface area contributed by atoms with Gasteiger partial charge in [-0.15, -0.1) is 0 Å². The van der Waals surface area contributed by atoms with E-state index in [-0.39, 0.29) is 0 Å². The average Bonchev–Trinajstić information content (AvgIpc) is 3.41. The van der Waals surface area contributed by atoms with Gasteiger partial charge < -0.3 is 9.47 Å². The SMILES string of the molecule is CCCCCCCCCCCCCCCCCCCCCCCCCCCCCc1ccc(OC(=O)Oc2ccc(CCCCCCCCCCCCCCCCCCCCCCCCCCCCC)cc2)cc1. The Kier molecular flexibility index (Phi) is 50.8. The van der Waals surface area contributed by atoms with Gasteiger partial charge in [0.05, 0.1) is 0 Å². The van der Waals surface area contributed by atoms with Crippen molar-refractivity contribution in [1.29, 1.82) is 0 Å². The summed E-state index contributed by atoms with van der Waals surface area (Å²) in [4.78, 5) is 12.5. The Hall–Kier alpha value is -2.29. The van der Waals surface area contributed by atoms with Gasteiger partial charge in [-0.2, -0.15) is 0 Å². The van der Waals surface area contributed by atoms with Crippen molar-refractivity contribution >= 4 is 6.16 Å². The highest BCUT2D eigenvalue weighted by Gasteiger charge is 2.09. The van der Waals surface area contributed by atoms with Crippen LogP contribution in [0.3, 0.4) is 0 Å². The van der Waals surface area contributed by atoms with Crippen molar-refractivity contribution in [1.82, 2.24) is 0 Å². The lowest BCUT2D eigenvalue weighted by Gasteiger charge is -2.08. The fraction of sp³-hybridized carbons (Fsp3) is 0.817. The van der Waals surface area contributed by atoms with Crippen LogP contribution in [0.5, 0.6) is 11.5 Å². The molecule has 0 unspecified atom stereocenters. The summed E-state index contributed by atoms with van der Waals surface area (Å²) in [5.41, 5.74) is 2.61. The van der Waals surface area contributed by atoms with E-state index in [0.717, 1.165) is 12.8 Å². The number of ether oxygens (including phenoxy) is 2. The molecule has 74 heavy (non-hydrogen) atoms. The largest absolute Gasteiger partial charge is 0.519 e. The second-order valence-electron chi connectivity index (χ2n) is 23.6. The fourth-order valence-electron chi connectivity index (χ4n) is 11.3. The van der Waals surface area contributed by atoms with Crippen molar-refractivity contribution in [2.24, 2.45) is 0 Å². The third-order valence-corrected chi connectivity index (χ3v) is 16.4. The molecule has 3 heteroatoms. The Bertz CT molecular complexity index is 1290. The van der Waals surface area contributed by atoms with Crippen LogP contribution in [0.25, 0.3) is 0 Å². The van der Waals surface area contributed by atoms with Gasteiger partial charge in [0, 0.05) is 0 Å². The van der Waals surface area contributed by atoms with Gasteiger partial charge in [-0.3, -0.25) is 0 Å². The first kappa shape index (κ1) is 67.8. The molecule has 0 aliphatic heterocycles. The molecule has 2 aromatic rings. The minimum atomic E-state index is -0.679. The van der Waals surface area contributed by atoms with Crippen molar-refractivity contribution in [3.63, 3.8) is 0 Å². The van der Waals surface area contributed by atoms with Crippen LogP contribution in [0.15, 0.2) is 48.5 Å². The summed E-state index contributed by atoms with van der Waals surface area (Å²) in [6.45, 7) is 4.61. The summed E-state index contributed by atoms with van der Waals surface area (Å²) < 4.78 is 11.0. The molecule has 0 atom stereocenters. The van der Waals surface area contributed by atoms with Crippen LogP contribution in [0, 0.1) is 0 Å². The van der Waals surface area contributed by atoms with E-state index < -0.39 is 6.16 Å². The van der Waals surface area contributed by atoms with Crippen molar-refractivity contribution in [3.8, 4) is 11.5 Å². The normalized spacial score (nSPS) is 11.5. The third kappa shape index (κ3) is 47.0. The van der Waals surface area contributed by atoms with Crippen LogP contribution in [0.4, 0.5) is 4.79 Å². The summed E-state index contributed by atoms with van der Waals surface area (Å²) in [5, 5.41) is 0. The van der Waals surface area contributed by atoms with Crippen molar-refractivity contribution in [3.05, 3.63) is 59.7 Å². The number of hydrogen-bond acceptors (Lipinski definition) is 3. The first-order valence-electron chi connectivity index (χ1n) is 33.8. The Labute approximate surface area is 462 Å². The molecule has 0 spiro atoms. The number of carbonyl (C=O) groups excluding carboxylic acids is 1. The molecule has 0 aromatic heterocycles. The number of unbranched alkanes of at least 4 members (excludes halogenated alkanes) is 52. The molecule has 0 saturated heterocycles. The average molecular weight is 1030 g/mol. The van der Waals surface area contributed by atoms with Crippen LogP contribution < -0.4 is 9.47 Å². The van der Waals surface area contributed by atoms with Gasteiger partial charge in [0.2, 0.25) is 0 Å². The van der Waals surface area contributed by atoms with E-state index in [0.29, 0.717) is 11.5 Å². The molecule has 0 saturated carbocycles. The van der Waals surface area contributed by atoms with E-state index in [1.54, 1.807) is 0 Å². The topological polar surface area (TPSA) is 35.5 Å². The summed E-state index contributed by atoms with van der Waals surface area (Å²) in [5.74, 6) is 1.07. The second-order valence-corrected chi connectivity index (χ2v) is 23.6. The Balaban J connectivity index is 1.28. The van der Waals surface area contributed by atoms with E-state index in [1.165, 1.54) is 358 Å². The molecular weight excluding hydrogens is 901 g/mol. The van der Waals surface area contributed by atoms with Gasteiger partial charge in [0.15, 0.2) is 0 Å². The molecule has 0 bridgehead atoms. The Morgan fingerprint density at radius 2 is 0.378 bits per heavy atom. The lowest BCUT2D eigenvalue weighted by molar-refractivity contribution is 0.152.